The van der Waals surface area contributed by atoms with Gasteiger partial charge < -0.3 is 25.3 Å². The maximum absolute atomic E-state index is 13.7. The molecule has 0 amide bonds. The first-order valence-corrected chi connectivity index (χ1v) is 8.48. The van der Waals surface area contributed by atoms with Gasteiger partial charge in [-0.1, -0.05) is 6.07 Å². The lowest BCUT2D eigenvalue weighted by atomic mass is 9.88. The van der Waals surface area contributed by atoms with Crippen molar-refractivity contribution in [2.75, 3.05) is 19.0 Å². The predicted octanol–water partition coefficient (Wildman–Crippen LogP) is 2.37. The molecular weight excluding hydrogens is 391 g/mol. The van der Waals surface area contributed by atoms with E-state index in [1.807, 2.05) is 0 Å². The number of aromatic amines is 1. The van der Waals surface area contributed by atoms with Crippen molar-refractivity contribution >= 4 is 16.6 Å². The van der Waals surface area contributed by atoms with E-state index in [-0.39, 0.29) is 22.7 Å². The zero-order chi connectivity index (χ0) is 21.2. The summed E-state index contributed by atoms with van der Waals surface area (Å²) in [4.78, 5) is 18.0. The fourth-order valence-electron chi connectivity index (χ4n) is 2.97. The van der Waals surface area contributed by atoms with Crippen molar-refractivity contribution in [1.29, 1.82) is 0 Å². The summed E-state index contributed by atoms with van der Waals surface area (Å²) in [6.45, 7) is -1.58. The third-order valence-corrected chi connectivity index (χ3v) is 4.58. The number of nitrogens with zero attached hydrogens (tertiary/aromatic N) is 1. The van der Waals surface area contributed by atoms with E-state index < -0.39 is 24.4 Å². The lowest BCUT2D eigenvalue weighted by molar-refractivity contribution is -0.277. The molecule has 0 radical (unpaired) electrons. The summed E-state index contributed by atoms with van der Waals surface area (Å²) >= 11 is 0. The third kappa shape index (κ3) is 3.89. The molecule has 10 heteroatoms. The van der Waals surface area contributed by atoms with Crippen LogP contribution in [0.15, 0.2) is 53.5 Å². The van der Waals surface area contributed by atoms with Crippen LogP contribution < -0.4 is 15.6 Å². The van der Waals surface area contributed by atoms with Gasteiger partial charge in [0.2, 0.25) is 17.0 Å². The number of hydrogen-bond acceptors (Lipinski definition) is 6. The second-order valence-corrected chi connectivity index (χ2v) is 6.38. The molecule has 0 spiro atoms. The molecule has 0 bridgehead atoms. The normalized spacial score (nSPS) is 15.0. The molecule has 3 aromatic rings. The maximum atomic E-state index is 13.7. The van der Waals surface area contributed by atoms with Gasteiger partial charge in [0.1, 0.15) is 0 Å². The molecule has 0 fully saturated rings. The summed E-state index contributed by atoms with van der Waals surface area (Å²) in [5.74, 6) is 0.176. The highest BCUT2D eigenvalue weighted by atomic mass is 19.4. The number of alkyl halides is 3. The highest BCUT2D eigenvalue weighted by Gasteiger charge is 2.59. The quantitative estimate of drug-likeness (QED) is 0.498. The average Bonchev–Trinajstić information content (AvgIpc) is 2.70. The lowest BCUT2D eigenvalue weighted by Gasteiger charge is -2.37. The first-order chi connectivity index (χ1) is 13.7. The fourth-order valence-corrected chi connectivity index (χ4v) is 2.97. The number of ether oxygens (including phenoxy) is 1. The summed E-state index contributed by atoms with van der Waals surface area (Å²) < 4.78 is 46.1. The van der Waals surface area contributed by atoms with Gasteiger partial charge in [-0.05, 0) is 29.8 Å². The second-order valence-electron chi connectivity index (χ2n) is 6.38. The van der Waals surface area contributed by atoms with Gasteiger partial charge in [0.15, 0.2) is 0 Å². The van der Waals surface area contributed by atoms with E-state index in [4.69, 9.17) is 4.74 Å². The smallest absolute Gasteiger partial charge is 0.421 e. The second kappa shape index (κ2) is 7.72. The Morgan fingerprint density at radius 3 is 2.55 bits per heavy atom. The number of aliphatic hydroxyl groups is 2. The zero-order valence-corrected chi connectivity index (χ0v) is 15.2. The predicted molar refractivity (Wildman–Crippen MR) is 99.8 cm³/mol. The SMILES string of the molecule is COc1ccc(C(Nc2cccc3[nH]c(=O)ccc23)C(O)(CO)C(F)(F)F)cn1. The number of H-pyrrole nitrogens is 1. The molecule has 4 N–H and O–H groups in total. The van der Waals surface area contributed by atoms with Gasteiger partial charge in [-0.25, -0.2) is 4.98 Å². The molecule has 0 aliphatic carbocycles. The highest BCUT2D eigenvalue weighted by molar-refractivity contribution is 5.91. The van der Waals surface area contributed by atoms with Gasteiger partial charge in [0, 0.05) is 29.4 Å². The van der Waals surface area contributed by atoms with E-state index in [2.05, 4.69) is 15.3 Å². The highest BCUT2D eigenvalue weighted by Crippen LogP contribution is 2.42. The summed E-state index contributed by atoms with van der Waals surface area (Å²) in [7, 11) is 1.36. The minimum absolute atomic E-state index is 0.0268. The first-order valence-electron chi connectivity index (χ1n) is 8.48. The van der Waals surface area contributed by atoms with Crippen molar-refractivity contribution in [2.45, 2.75) is 17.8 Å². The number of nitrogens with one attached hydrogen (secondary N) is 2. The summed E-state index contributed by atoms with van der Waals surface area (Å²) in [6.07, 6.45) is -4.03. The van der Waals surface area contributed by atoms with Crippen LogP contribution in [0.5, 0.6) is 5.88 Å². The zero-order valence-electron chi connectivity index (χ0n) is 15.2. The van der Waals surface area contributed by atoms with Crippen LogP contribution in [0.2, 0.25) is 0 Å². The maximum Gasteiger partial charge on any atom is 0.421 e. The number of aliphatic hydroxyl groups excluding tert-OH is 1. The molecule has 7 nitrogen and oxygen atoms in total. The largest absolute Gasteiger partial charge is 0.481 e. The number of rotatable bonds is 6. The molecule has 2 heterocycles. The molecular formula is C19H18F3N3O4. The van der Waals surface area contributed by atoms with Gasteiger partial charge in [-0.3, -0.25) is 4.79 Å². The Morgan fingerprint density at radius 2 is 1.97 bits per heavy atom. The van der Waals surface area contributed by atoms with E-state index in [9.17, 15) is 28.2 Å². The Labute approximate surface area is 162 Å². The molecule has 0 saturated carbocycles. The number of fused-ring (bicyclic) bond motifs is 1. The molecule has 0 aliphatic heterocycles. The van der Waals surface area contributed by atoms with E-state index in [1.54, 1.807) is 6.07 Å². The Morgan fingerprint density at radius 1 is 1.21 bits per heavy atom. The Hall–Kier alpha value is -3.11. The first kappa shape index (κ1) is 20.6. The summed E-state index contributed by atoms with van der Waals surface area (Å²) in [5.41, 5.74) is -3.29. The van der Waals surface area contributed by atoms with Crippen molar-refractivity contribution in [3.8, 4) is 5.88 Å². The average molecular weight is 409 g/mol. The van der Waals surface area contributed by atoms with Crippen LogP contribution in [0.4, 0.5) is 18.9 Å². The van der Waals surface area contributed by atoms with Crippen LogP contribution in [-0.2, 0) is 0 Å². The molecule has 3 rings (SSSR count). The van der Waals surface area contributed by atoms with Crippen LogP contribution in [0.25, 0.3) is 10.9 Å². The van der Waals surface area contributed by atoms with Crippen molar-refractivity contribution in [2.24, 2.45) is 0 Å². The molecule has 2 aromatic heterocycles. The standard InChI is InChI=1S/C19H18F3N3O4/c1-29-16-8-5-11(9-23-16)17(18(28,10-26)19(20,21)22)25-14-4-2-3-13-12(14)6-7-15(27)24-13/h2-9,17,25-26,28H,10H2,1H3,(H,24,27). The molecule has 0 saturated heterocycles. The Balaban J connectivity index is 2.14. The molecule has 29 heavy (non-hydrogen) atoms. The van der Waals surface area contributed by atoms with Gasteiger partial charge in [-0.15, -0.1) is 0 Å². The number of pyridine rings is 2. The Kier molecular flexibility index (Phi) is 5.49. The monoisotopic (exact) mass is 409 g/mol. The van der Waals surface area contributed by atoms with Crippen LogP contribution >= 0.6 is 0 Å². The molecule has 2 unspecified atom stereocenters. The molecule has 1 aromatic carbocycles. The molecule has 154 valence electrons. The van der Waals surface area contributed by atoms with E-state index in [0.29, 0.717) is 10.9 Å². The minimum atomic E-state index is -5.15. The molecule has 0 aliphatic rings. The summed E-state index contributed by atoms with van der Waals surface area (Å²) in [6, 6.07) is 8.16. The van der Waals surface area contributed by atoms with Crippen molar-refractivity contribution in [3.63, 3.8) is 0 Å². The van der Waals surface area contributed by atoms with Gasteiger partial charge in [0.05, 0.1) is 25.3 Å². The number of anilines is 1. The third-order valence-electron chi connectivity index (χ3n) is 4.58. The van der Waals surface area contributed by atoms with Crippen molar-refractivity contribution < 1.29 is 28.1 Å². The number of methoxy groups -OCH3 is 1. The van der Waals surface area contributed by atoms with Crippen molar-refractivity contribution in [1.82, 2.24) is 9.97 Å². The van der Waals surface area contributed by atoms with Crippen LogP contribution in [0.3, 0.4) is 0 Å². The number of aromatic nitrogens is 2. The van der Waals surface area contributed by atoms with Crippen molar-refractivity contribution in [3.05, 3.63) is 64.6 Å². The number of benzene rings is 1. The fraction of sp³-hybridized carbons (Fsp3) is 0.263. The number of halogens is 3. The van der Waals surface area contributed by atoms with E-state index >= 15 is 0 Å². The van der Waals surface area contributed by atoms with Gasteiger partial charge >= 0.3 is 6.18 Å². The van der Waals surface area contributed by atoms with Crippen LogP contribution in [0, 0.1) is 0 Å². The van der Waals surface area contributed by atoms with Crippen LogP contribution in [0.1, 0.15) is 11.6 Å². The van der Waals surface area contributed by atoms with Gasteiger partial charge in [0.25, 0.3) is 0 Å². The molecule has 2 atom stereocenters. The lowest BCUT2D eigenvalue weighted by Crippen LogP contribution is -2.55. The van der Waals surface area contributed by atoms with E-state index in [1.165, 1.54) is 43.5 Å². The summed E-state index contributed by atoms with van der Waals surface area (Å²) in [5, 5.41) is 23.0. The minimum Gasteiger partial charge on any atom is -0.481 e. The van der Waals surface area contributed by atoms with Gasteiger partial charge in [-0.2, -0.15) is 13.2 Å². The topological polar surface area (TPSA) is 107 Å². The Bertz CT molecular complexity index is 1050. The number of hydrogen-bond donors (Lipinski definition) is 4. The van der Waals surface area contributed by atoms with Crippen LogP contribution in [-0.4, -0.2) is 45.7 Å². The van der Waals surface area contributed by atoms with E-state index in [0.717, 1.165) is 6.20 Å².